The van der Waals surface area contributed by atoms with Gasteiger partial charge in [0.2, 0.25) is 0 Å². The Hall–Kier alpha value is -12.9. The van der Waals surface area contributed by atoms with Crippen LogP contribution >= 0.6 is 11.3 Å². The van der Waals surface area contributed by atoms with Crippen LogP contribution in [0.25, 0.3) is 186 Å². The summed E-state index contributed by atoms with van der Waals surface area (Å²) in [6.07, 6.45) is 0. The minimum atomic E-state index is -0.698. The fourth-order valence-corrected chi connectivity index (χ4v) is 14.8. The average molecular weight is 1270 g/mol. The van der Waals surface area contributed by atoms with E-state index >= 15 is 0 Å². The van der Waals surface area contributed by atoms with E-state index < -0.39 is 96.2 Å². The van der Waals surface area contributed by atoms with E-state index in [-0.39, 0.29) is 61.6 Å². The van der Waals surface area contributed by atoms with Crippen LogP contribution in [0.3, 0.4) is 0 Å². The van der Waals surface area contributed by atoms with Crippen molar-refractivity contribution in [2.75, 3.05) is 0 Å². The average Bonchev–Trinajstić information content (AvgIpc) is 1.69. The lowest BCUT2D eigenvalue weighted by atomic mass is 9.99. The second-order valence-corrected chi connectivity index (χ2v) is 24.6. The van der Waals surface area contributed by atoms with Crippen LogP contribution in [0.1, 0.15) is 27.5 Å². The molecule has 8 heteroatoms. The third kappa shape index (κ3) is 9.39. The predicted molar refractivity (Wildman–Crippen MR) is 405 cm³/mol. The Labute approximate surface area is 583 Å². The Morgan fingerprint density at radius 2 is 0.876 bits per heavy atom. The number of nitrogens with zero attached hydrogens (tertiary/aromatic N) is 7. The molecule has 5 heterocycles. The van der Waals surface area contributed by atoms with Crippen LogP contribution in [0, 0.1) is 11.3 Å². The van der Waals surface area contributed by atoms with Gasteiger partial charge in [0, 0.05) is 80.4 Å². The van der Waals surface area contributed by atoms with Crippen molar-refractivity contribution >= 4 is 129 Å². The van der Waals surface area contributed by atoms with E-state index in [1.165, 1.54) is 49.1 Å². The van der Waals surface area contributed by atoms with Gasteiger partial charge >= 0.3 is 0 Å². The zero-order chi connectivity index (χ0) is 78.0. The molecule has 5 aromatic heterocycles. The first-order valence-corrected chi connectivity index (χ1v) is 32.1. The van der Waals surface area contributed by atoms with E-state index in [9.17, 15) is 9.37 Å². The van der Waals surface area contributed by atoms with Crippen molar-refractivity contribution in [1.29, 1.82) is 5.26 Å². The second-order valence-electron chi connectivity index (χ2n) is 23.6. The van der Waals surface area contributed by atoms with Gasteiger partial charge in [0.25, 0.3) is 0 Å². The van der Waals surface area contributed by atoms with E-state index in [0.717, 1.165) is 76.8 Å². The summed E-state index contributed by atoms with van der Waals surface area (Å²) in [5, 5.41) is 21.7. The molecule has 0 spiro atoms. The first kappa shape index (κ1) is 41.6. The third-order valence-corrected chi connectivity index (χ3v) is 19.2. The number of hydrogen-bond donors (Lipinski definition) is 0. The van der Waals surface area contributed by atoms with Gasteiger partial charge in [-0.2, -0.15) is 5.26 Å². The Morgan fingerprint density at radius 1 is 0.330 bits per heavy atom. The first-order valence-electron chi connectivity index (χ1n) is 39.2. The van der Waals surface area contributed by atoms with Crippen LogP contribution in [0.4, 0.5) is 0 Å². The number of hydrogen-bond acceptors (Lipinski definition) is 6. The van der Waals surface area contributed by atoms with Crippen molar-refractivity contribution < 1.29 is 21.9 Å². The molecule has 20 rings (SSSR count). The predicted octanol–water partition coefficient (Wildman–Crippen LogP) is 23.5. The van der Waals surface area contributed by atoms with Gasteiger partial charge in [0.1, 0.15) is 6.07 Å². The Balaban J connectivity index is 0.000000158. The molecule has 0 unspecified atom stereocenters. The van der Waals surface area contributed by atoms with Crippen LogP contribution in [0.15, 0.2) is 321 Å². The molecule has 0 saturated heterocycles. The standard InChI is InChI=1S/C46H29N3.C43H24N4S/c1-3-13-30(14-4-1)34-23-24-42-41(27-34)45(31-15-5-2-6-16-31)48-46(47-42)40-29-36(25-35-19-9-10-20-37(35)40)49-43-22-12-11-21-38(43)39-26-32-17-7-8-18-33(32)28-44(39)49;44-25-30-21-28(18-20-37(30)47-38-15-7-4-11-31(38)35-22-26-9-1-2-10-27(26)23-39(35)47)42-34-13-3-6-14-36(34)45-43(46-42)29-17-19-33-32-12-5-8-16-40(32)48-41(33)24-29/h1-29H;1-24H/i1D,2D,3D,4D,5D,6D,9D,10D,13D,14D,15D,16D,19D,20D,25D,29D;. The summed E-state index contributed by atoms with van der Waals surface area (Å²) in [6, 6.07) is 66.9. The van der Waals surface area contributed by atoms with Crippen LogP contribution in [0.5, 0.6) is 0 Å². The molecule has 0 aliphatic rings. The number of thiophene rings is 1. The van der Waals surface area contributed by atoms with Gasteiger partial charge < -0.3 is 9.13 Å². The number of benzene rings is 15. The van der Waals surface area contributed by atoms with Crippen molar-refractivity contribution in [1.82, 2.24) is 29.1 Å². The van der Waals surface area contributed by atoms with E-state index in [2.05, 4.69) is 132 Å². The van der Waals surface area contributed by atoms with Gasteiger partial charge in [-0.05, 0) is 134 Å². The summed E-state index contributed by atoms with van der Waals surface area (Å²) in [4.78, 5) is 19.9. The van der Waals surface area contributed by atoms with Crippen LogP contribution in [0.2, 0.25) is 0 Å². The highest BCUT2D eigenvalue weighted by Gasteiger charge is 2.22. The minimum Gasteiger partial charge on any atom is -0.309 e. The molecule has 0 amide bonds. The zero-order valence-corrected chi connectivity index (χ0v) is 51.7. The SMILES string of the molecule is N#Cc1cc(-c2nc(-c3ccc4c(c3)sc3ccccc34)nc3ccccc23)ccc1-n1c2ccccc2c2cc3ccccc3cc21.[2H]c1c([2H])c([2H])c(-c2ccc3nc(-c4c([2H])c(-n5c6ccccc6c6cc7ccccc7cc65)c([2H])c5c([2H])c([2H])c([2H])c([2H])c45)nc(-c4c([2H])c([2H])c([2H])c([2H])c4[2H])c3c2)c([2H])c1[2H]. The monoisotopic (exact) mass is 1270 g/mol. The first-order chi connectivity index (χ1) is 54.7. The number of para-hydroxylation sites is 3. The van der Waals surface area contributed by atoms with Crippen molar-refractivity contribution in [3.63, 3.8) is 0 Å². The smallest absolute Gasteiger partial charge is 0.161 e. The molecule has 0 fully saturated rings. The molecule has 0 aliphatic heterocycles. The lowest BCUT2D eigenvalue weighted by Gasteiger charge is -2.15. The van der Waals surface area contributed by atoms with E-state index in [1.54, 1.807) is 22.0 Å². The quantitative estimate of drug-likeness (QED) is 0.159. The second kappa shape index (κ2) is 22.7. The van der Waals surface area contributed by atoms with Gasteiger partial charge in [-0.25, -0.2) is 19.9 Å². The molecular formula is C89H53N7S. The van der Waals surface area contributed by atoms with Gasteiger partial charge in [-0.1, -0.05) is 230 Å². The van der Waals surface area contributed by atoms with E-state index in [4.69, 9.17) is 37.8 Å². The van der Waals surface area contributed by atoms with Crippen molar-refractivity contribution in [3.8, 4) is 73.9 Å². The lowest BCUT2D eigenvalue weighted by Crippen LogP contribution is -1.99. The summed E-state index contributed by atoms with van der Waals surface area (Å²) in [5.41, 5.74) is 7.26. The largest absolute Gasteiger partial charge is 0.309 e. The van der Waals surface area contributed by atoms with Crippen LogP contribution in [-0.4, -0.2) is 29.1 Å². The fraction of sp³-hybridized carbons (Fsp3) is 0. The molecule has 450 valence electrons. The van der Waals surface area contributed by atoms with E-state index in [1.807, 2.05) is 78.9 Å². The summed E-state index contributed by atoms with van der Waals surface area (Å²) < 4.78 is 148. The molecule has 20 aromatic rings. The number of nitriles is 1. The number of fused-ring (bicyclic) bond motifs is 14. The maximum absolute atomic E-state index is 10.6. The summed E-state index contributed by atoms with van der Waals surface area (Å²) in [6.45, 7) is 0. The molecule has 7 nitrogen and oxygen atoms in total. The lowest BCUT2D eigenvalue weighted by molar-refractivity contribution is 1.17. The Kier molecular flexibility index (Phi) is 9.73. The maximum atomic E-state index is 10.6. The normalized spacial score (nSPS) is 14.0. The molecule has 0 N–H and O–H groups in total. The minimum absolute atomic E-state index is 0.0286. The molecule has 0 atom stereocenters. The number of rotatable bonds is 7. The highest BCUT2D eigenvalue weighted by molar-refractivity contribution is 7.25. The molecular weight excluding hydrogens is 1200 g/mol. The van der Waals surface area contributed by atoms with Gasteiger partial charge in [-0.3, -0.25) is 0 Å². The zero-order valence-electron chi connectivity index (χ0n) is 66.9. The van der Waals surface area contributed by atoms with Crippen LogP contribution in [-0.2, 0) is 0 Å². The summed E-state index contributed by atoms with van der Waals surface area (Å²) in [7, 11) is 0. The summed E-state index contributed by atoms with van der Waals surface area (Å²) in [5.74, 6) is 0.322. The fourth-order valence-electron chi connectivity index (χ4n) is 13.6. The molecule has 15 aromatic carbocycles. The molecule has 0 radical (unpaired) electrons. The molecule has 97 heavy (non-hydrogen) atoms. The highest BCUT2D eigenvalue weighted by Crippen LogP contribution is 2.43. The van der Waals surface area contributed by atoms with Crippen LogP contribution < -0.4 is 0 Å². The van der Waals surface area contributed by atoms with Crippen molar-refractivity contribution in [2.24, 2.45) is 0 Å². The molecule has 0 saturated carbocycles. The van der Waals surface area contributed by atoms with Gasteiger partial charge in [0.05, 0.1) is 77.7 Å². The Bertz CT molecular complexity index is 7640. The molecule has 0 aliphatic carbocycles. The maximum Gasteiger partial charge on any atom is 0.161 e. The van der Waals surface area contributed by atoms with Gasteiger partial charge in [-0.15, -0.1) is 11.3 Å². The van der Waals surface area contributed by atoms with E-state index in [0.29, 0.717) is 22.4 Å². The highest BCUT2D eigenvalue weighted by atomic mass is 32.1. The topological polar surface area (TPSA) is 85.2 Å². The van der Waals surface area contributed by atoms with Gasteiger partial charge in [0.15, 0.2) is 11.6 Å². The van der Waals surface area contributed by atoms with Crippen molar-refractivity contribution in [3.05, 3.63) is 327 Å². The van der Waals surface area contributed by atoms with Crippen molar-refractivity contribution in [2.45, 2.75) is 0 Å². The summed E-state index contributed by atoms with van der Waals surface area (Å²) >= 11 is 1.79. The molecule has 0 bridgehead atoms. The number of aromatic nitrogens is 6. The Morgan fingerprint density at radius 3 is 1.61 bits per heavy atom. The third-order valence-electron chi connectivity index (χ3n) is 18.0.